The average Bonchev–Trinajstić information content (AvgIpc) is 3.29. The molecule has 2 nitrogen and oxygen atoms in total. The van der Waals surface area contributed by atoms with Crippen LogP contribution in [0.2, 0.25) is 0 Å². The summed E-state index contributed by atoms with van der Waals surface area (Å²) < 4.78 is 2.46. The van der Waals surface area contributed by atoms with E-state index in [0.717, 1.165) is 6.54 Å². The lowest BCUT2D eigenvalue weighted by molar-refractivity contribution is -0.671. The van der Waals surface area contributed by atoms with Crippen LogP contribution >= 0.6 is 7.80 Å². The van der Waals surface area contributed by atoms with E-state index < -0.39 is 7.80 Å². The molecule has 4 heteroatoms. The molecule has 0 saturated heterocycles. The number of fused-ring (bicyclic) bond motifs is 5. The lowest BCUT2D eigenvalue weighted by Gasteiger charge is -2.33. The van der Waals surface area contributed by atoms with E-state index in [9.17, 15) is 0 Å². The molecule has 29 heavy (non-hydrogen) atoms. The molecule has 3 aliphatic heterocycles. The van der Waals surface area contributed by atoms with Crippen LogP contribution in [0.15, 0.2) is 85.1 Å². The Morgan fingerprint density at radius 1 is 0.897 bits per heavy atom. The number of aryl methyl sites for hydroxylation is 1. The van der Waals surface area contributed by atoms with E-state index in [-0.39, 0.29) is 0 Å². The van der Waals surface area contributed by atoms with E-state index in [4.69, 9.17) is 0 Å². The number of pyridine rings is 1. The highest BCUT2D eigenvalue weighted by Crippen LogP contribution is 2.55. The van der Waals surface area contributed by atoms with E-state index >= 15 is 0 Å². The SMILES string of the molecule is Cc1cc2c3c(c1)N1B(c4ccc[n+](c4-3)C2)P(c2ccccc2)c2ccccc21. The molecule has 0 radical (unpaired) electrons. The normalized spacial score (nSPS) is 17.2. The standard InChI is InChI=1S/C25H19BN2P/c1-17-14-18-16-27-13-7-10-20-25(27)24(18)22(15-17)28-21-11-5-6-12-23(21)29(26(20)28)19-8-3-2-4-9-19/h2-15H,16H2,1H3/q+1. The van der Waals surface area contributed by atoms with Crippen LogP contribution in [0, 0.1) is 6.92 Å². The van der Waals surface area contributed by atoms with Crippen LogP contribution < -0.4 is 25.4 Å². The summed E-state index contributed by atoms with van der Waals surface area (Å²) in [5.41, 5.74) is 9.95. The highest BCUT2D eigenvalue weighted by Gasteiger charge is 2.52. The first-order chi connectivity index (χ1) is 14.3. The summed E-state index contributed by atoms with van der Waals surface area (Å²) in [6, 6.07) is 29.6. The number of aromatic nitrogens is 1. The van der Waals surface area contributed by atoms with Gasteiger partial charge in [-0.05, 0) is 49.1 Å². The maximum Gasteiger partial charge on any atom is 0.339 e. The Labute approximate surface area is 172 Å². The fourth-order valence-corrected chi connectivity index (χ4v) is 8.43. The summed E-state index contributed by atoms with van der Waals surface area (Å²) in [4.78, 5) is 2.65. The fourth-order valence-electron chi connectivity index (χ4n) is 5.47. The zero-order valence-electron chi connectivity index (χ0n) is 16.2. The second-order valence-electron chi connectivity index (χ2n) is 8.20. The molecule has 0 saturated carbocycles. The number of hydrogen-bond acceptors (Lipinski definition) is 1. The van der Waals surface area contributed by atoms with Gasteiger partial charge in [0.25, 0.3) is 0 Å². The molecule has 7 rings (SSSR count). The third-order valence-electron chi connectivity index (χ3n) is 6.49. The van der Waals surface area contributed by atoms with Crippen molar-refractivity contribution in [1.82, 2.24) is 0 Å². The summed E-state index contributed by atoms with van der Waals surface area (Å²) in [5, 5.41) is 2.95. The number of para-hydroxylation sites is 1. The van der Waals surface area contributed by atoms with Crippen LogP contribution in [0.4, 0.5) is 11.4 Å². The van der Waals surface area contributed by atoms with Crippen molar-refractivity contribution in [2.24, 2.45) is 0 Å². The van der Waals surface area contributed by atoms with Gasteiger partial charge in [-0.25, -0.2) is 0 Å². The topological polar surface area (TPSA) is 7.12 Å². The Morgan fingerprint density at radius 3 is 2.62 bits per heavy atom. The third kappa shape index (κ3) is 1.99. The molecule has 4 aromatic rings. The fraction of sp³-hybridized carbons (Fsp3) is 0.0800. The van der Waals surface area contributed by atoms with Gasteiger partial charge in [-0.1, -0.05) is 54.6 Å². The van der Waals surface area contributed by atoms with Gasteiger partial charge in [-0.15, -0.1) is 0 Å². The largest absolute Gasteiger partial charge is 0.375 e. The van der Waals surface area contributed by atoms with Gasteiger partial charge in [-0.3, -0.25) is 0 Å². The zero-order valence-corrected chi connectivity index (χ0v) is 17.1. The number of nitrogens with zero attached hydrogens (tertiary/aromatic N) is 2. The molecule has 0 aliphatic carbocycles. The molecule has 3 aliphatic rings. The lowest BCUT2D eigenvalue weighted by Crippen LogP contribution is -2.51. The number of anilines is 2. The molecular formula is C25H19BN2P+. The van der Waals surface area contributed by atoms with Crippen LogP contribution in [0.5, 0.6) is 0 Å². The molecule has 1 aromatic heterocycles. The minimum atomic E-state index is -0.511. The number of rotatable bonds is 1. The van der Waals surface area contributed by atoms with Gasteiger partial charge < -0.3 is 4.81 Å². The minimum absolute atomic E-state index is 0.354. The summed E-state index contributed by atoms with van der Waals surface area (Å²) in [6.07, 6.45) is 2.25. The summed E-state index contributed by atoms with van der Waals surface area (Å²) in [5.74, 6) is 0. The molecule has 0 spiro atoms. The molecule has 3 aromatic carbocycles. The second kappa shape index (κ2) is 5.59. The monoisotopic (exact) mass is 389 g/mol. The van der Waals surface area contributed by atoms with Gasteiger partial charge in [0, 0.05) is 28.5 Å². The van der Waals surface area contributed by atoms with Gasteiger partial charge in [-0.2, -0.15) is 4.57 Å². The van der Waals surface area contributed by atoms with E-state index in [1.165, 1.54) is 49.8 Å². The van der Waals surface area contributed by atoms with E-state index in [1.54, 1.807) is 0 Å². The summed E-state index contributed by atoms with van der Waals surface area (Å²) in [6.45, 7) is 3.57. The number of benzene rings is 3. The Kier molecular flexibility index (Phi) is 3.07. The Morgan fingerprint density at radius 2 is 1.72 bits per heavy atom. The Bertz CT molecular complexity index is 1320. The first-order valence-electron chi connectivity index (χ1n) is 10.2. The molecule has 1 atom stereocenters. The van der Waals surface area contributed by atoms with Crippen LogP contribution in [-0.2, 0) is 6.54 Å². The van der Waals surface area contributed by atoms with Gasteiger partial charge in [0.05, 0.1) is 5.56 Å². The molecule has 0 amide bonds. The first-order valence-corrected chi connectivity index (χ1v) is 11.6. The zero-order chi connectivity index (χ0) is 19.1. The highest BCUT2D eigenvalue weighted by atomic mass is 31.1. The van der Waals surface area contributed by atoms with Gasteiger partial charge in [0.1, 0.15) is 0 Å². The molecule has 0 fully saturated rings. The lowest BCUT2D eigenvalue weighted by atomic mass is 9.71. The van der Waals surface area contributed by atoms with Gasteiger partial charge in [0.2, 0.25) is 5.69 Å². The third-order valence-corrected chi connectivity index (χ3v) is 9.24. The van der Waals surface area contributed by atoms with Crippen molar-refractivity contribution in [2.45, 2.75) is 13.5 Å². The van der Waals surface area contributed by atoms with Crippen molar-refractivity contribution in [3.8, 4) is 11.3 Å². The second-order valence-corrected chi connectivity index (χ2v) is 10.4. The van der Waals surface area contributed by atoms with Crippen molar-refractivity contribution in [1.29, 1.82) is 0 Å². The van der Waals surface area contributed by atoms with Crippen molar-refractivity contribution in [3.63, 3.8) is 0 Å². The predicted molar refractivity (Wildman–Crippen MR) is 123 cm³/mol. The van der Waals surface area contributed by atoms with Crippen LogP contribution in [0.3, 0.4) is 0 Å². The van der Waals surface area contributed by atoms with Crippen LogP contribution in [0.1, 0.15) is 11.1 Å². The predicted octanol–water partition coefficient (Wildman–Crippen LogP) is 3.60. The molecule has 1 unspecified atom stereocenters. The molecule has 136 valence electrons. The summed E-state index contributed by atoms with van der Waals surface area (Å²) in [7, 11) is -0.511. The van der Waals surface area contributed by atoms with Crippen LogP contribution in [0.25, 0.3) is 11.3 Å². The Balaban J connectivity index is 1.60. The first kappa shape index (κ1) is 16.0. The Hall–Kier alpha value is -2.90. The maximum absolute atomic E-state index is 2.65. The molecule has 0 bridgehead atoms. The summed E-state index contributed by atoms with van der Waals surface area (Å²) >= 11 is 0. The van der Waals surface area contributed by atoms with Crippen molar-refractivity contribution in [3.05, 3.63) is 96.2 Å². The maximum atomic E-state index is 2.65. The van der Waals surface area contributed by atoms with Crippen molar-refractivity contribution < 1.29 is 4.57 Å². The van der Waals surface area contributed by atoms with Crippen molar-refractivity contribution >= 4 is 41.8 Å². The highest BCUT2D eigenvalue weighted by molar-refractivity contribution is 8.04. The quantitative estimate of drug-likeness (QED) is 0.241. The smallest absolute Gasteiger partial charge is 0.339 e. The van der Waals surface area contributed by atoms with Crippen molar-refractivity contribution in [2.75, 3.05) is 4.81 Å². The number of hydrogen-bond donors (Lipinski definition) is 0. The van der Waals surface area contributed by atoms with Gasteiger partial charge >= 0.3 is 6.57 Å². The molecular weight excluding hydrogens is 370 g/mol. The van der Waals surface area contributed by atoms with Gasteiger partial charge in [0.15, 0.2) is 12.7 Å². The molecule has 4 heterocycles. The average molecular weight is 389 g/mol. The minimum Gasteiger partial charge on any atom is -0.375 e. The molecule has 0 N–H and O–H groups in total. The van der Waals surface area contributed by atoms with E-state index in [1.807, 2.05) is 0 Å². The van der Waals surface area contributed by atoms with Crippen LogP contribution in [-0.4, -0.2) is 6.57 Å². The van der Waals surface area contributed by atoms with E-state index in [2.05, 4.69) is 101 Å². The van der Waals surface area contributed by atoms with E-state index in [0.29, 0.717) is 6.57 Å².